The zero-order valence-electron chi connectivity index (χ0n) is 12.3. The first kappa shape index (κ1) is 14.3. The number of rotatable bonds is 5. The first-order valence-electron chi connectivity index (χ1n) is 8.34. The number of piperidine rings is 1. The summed E-state index contributed by atoms with van der Waals surface area (Å²) in [4.78, 5) is 2.73. The lowest BCUT2D eigenvalue weighted by atomic mass is 9.96. The Morgan fingerprint density at radius 1 is 1.00 bits per heavy atom. The van der Waals surface area contributed by atoms with E-state index in [0.29, 0.717) is 0 Å². The molecule has 0 aliphatic carbocycles. The number of nitrogens with zero attached hydrogens (tertiary/aromatic N) is 1. The van der Waals surface area contributed by atoms with Crippen LogP contribution in [-0.4, -0.2) is 37.1 Å². The summed E-state index contributed by atoms with van der Waals surface area (Å²) in [7, 11) is 0. The molecule has 0 aromatic heterocycles. The number of hydrogen-bond donors (Lipinski definition) is 1. The lowest BCUT2D eigenvalue weighted by molar-refractivity contribution is 0.250. The molecule has 2 heteroatoms. The van der Waals surface area contributed by atoms with Crippen LogP contribution in [0.1, 0.15) is 64.7 Å². The first-order chi connectivity index (χ1) is 8.88. The highest BCUT2D eigenvalue weighted by atomic mass is 15.1. The van der Waals surface area contributed by atoms with Crippen LogP contribution in [0.5, 0.6) is 0 Å². The van der Waals surface area contributed by atoms with Gasteiger partial charge < -0.3 is 10.2 Å². The Labute approximate surface area is 114 Å². The third-order valence-electron chi connectivity index (χ3n) is 4.84. The van der Waals surface area contributed by atoms with Gasteiger partial charge in [0.1, 0.15) is 0 Å². The molecule has 2 unspecified atom stereocenters. The monoisotopic (exact) mass is 252 g/mol. The van der Waals surface area contributed by atoms with Crippen molar-refractivity contribution in [1.82, 2.24) is 10.2 Å². The minimum atomic E-state index is 0.813. The minimum Gasteiger partial charge on any atom is -0.314 e. The van der Waals surface area contributed by atoms with Crippen LogP contribution in [0.2, 0.25) is 0 Å². The van der Waals surface area contributed by atoms with Crippen molar-refractivity contribution >= 4 is 0 Å². The van der Waals surface area contributed by atoms with Crippen LogP contribution < -0.4 is 5.32 Å². The number of likely N-dealkylation sites (tertiary alicyclic amines) is 1. The molecule has 0 aromatic rings. The molecule has 18 heavy (non-hydrogen) atoms. The van der Waals surface area contributed by atoms with Crippen LogP contribution in [0.15, 0.2) is 0 Å². The van der Waals surface area contributed by atoms with E-state index in [-0.39, 0.29) is 0 Å². The average Bonchev–Trinajstić information content (AvgIpc) is 2.64. The summed E-state index contributed by atoms with van der Waals surface area (Å²) in [6.07, 6.45) is 12.8. The van der Waals surface area contributed by atoms with Gasteiger partial charge in [-0.3, -0.25) is 0 Å². The Bertz CT molecular complexity index is 211. The zero-order valence-corrected chi connectivity index (χ0v) is 12.3. The fraction of sp³-hybridized carbons (Fsp3) is 1.00. The van der Waals surface area contributed by atoms with Crippen LogP contribution in [0, 0.1) is 5.92 Å². The zero-order chi connectivity index (χ0) is 12.6. The second kappa shape index (κ2) is 8.16. The first-order valence-corrected chi connectivity index (χ1v) is 8.34. The predicted octanol–water partition coefficient (Wildman–Crippen LogP) is 3.42. The molecular weight excluding hydrogens is 220 g/mol. The molecule has 0 bridgehead atoms. The molecule has 0 saturated carbocycles. The fourth-order valence-corrected chi connectivity index (χ4v) is 3.65. The molecule has 106 valence electrons. The third-order valence-corrected chi connectivity index (χ3v) is 4.84. The summed E-state index contributed by atoms with van der Waals surface area (Å²) >= 11 is 0. The molecule has 2 aliphatic heterocycles. The molecule has 2 nitrogen and oxygen atoms in total. The highest BCUT2D eigenvalue weighted by Crippen LogP contribution is 2.22. The van der Waals surface area contributed by atoms with Gasteiger partial charge in [0, 0.05) is 6.04 Å². The van der Waals surface area contributed by atoms with Gasteiger partial charge in [-0.2, -0.15) is 0 Å². The molecule has 2 fully saturated rings. The van der Waals surface area contributed by atoms with Gasteiger partial charge in [-0.1, -0.05) is 26.2 Å². The molecule has 0 amide bonds. The van der Waals surface area contributed by atoms with Gasteiger partial charge in [0.2, 0.25) is 0 Å². The van der Waals surface area contributed by atoms with Crippen LogP contribution in [-0.2, 0) is 0 Å². The largest absolute Gasteiger partial charge is 0.314 e. The Kier molecular flexibility index (Phi) is 6.50. The molecule has 2 aliphatic rings. The van der Waals surface area contributed by atoms with Crippen molar-refractivity contribution in [3.8, 4) is 0 Å². The van der Waals surface area contributed by atoms with E-state index in [0.717, 1.165) is 12.0 Å². The Hall–Kier alpha value is -0.0800. The SMILES string of the molecule is CCCC1CCCN(CCC2CCCCN2)CC1. The summed E-state index contributed by atoms with van der Waals surface area (Å²) in [6.45, 7) is 7.63. The van der Waals surface area contributed by atoms with Crippen molar-refractivity contribution in [3.05, 3.63) is 0 Å². The van der Waals surface area contributed by atoms with Gasteiger partial charge in [0.05, 0.1) is 0 Å². The number of nitrogens with one attached hydrogen (secondary N) is 1. The van der Waals surface area contributed by atoms with E-state index in [2.05, 4.69) is 17.1 Å². The van der Waals surface area contributed by atoms with E-state index >= 15 is 0 Å². The Morgan fingerprint density at radius 2 is 1.94 bits per heavy atom. The van der Waals surface area contributed by atoms with Crippen LogP contribution in [0.3, 0.4) is 0 Å². The predicted molar refractivity (Wildman–Crippen MR) is 78.9 cm³/mol. The van der Waals surface area contributed by atoms with E-state index < -0.39 is 0 Å². The van der Waals surface area contributed by atoms with E-state index in [1.165, 1.54) is 84.0 Å². The van der Waals surface area contributed by atoms with E-state index in [4.69, 9.17) is 0 Å². The summed E-state index contributed by atoms with van der Waals surface area (Å²) in [5, 5.41) is 3.68. The fourth-order valence-electron chi connectivity index (χ4n) is 3.65. The van der Waals surface area contributed by atoms with Gasteiger partial charge >= 0.3 is 0 Å². The second-order valence-electron chi connectivity index (χ2n) is 6.36. The molecule has 0 aromatic carbocycles. The molecular formula is C16H32N2. The standard InChI is InChI=1S/C16H32N2/c1-2-6-15-7-5-12-18(13-9-15)14-10-16-8-3-4-11-17-16/h15-17H,2-14H2,1H3. The highest BCUT2D eigenvalue weighted by molar-refractivity contribution is 4.75. The molecule has 2 atom stereocenters. The molecule has 0 radical (unpaired) electrons. The molecule has 2 saturated heterocycles. The molecule has 1 N–H and O–H groups in total. The molecule has 0 spiro atoms. The normalized spacial score (nSPS) is 31.2. The average molecular weight is 252 g/mol. The van der Waals surface area contributed by atoms with Crippen molar-refractivity contribution in [3.63, 3.8) is 0 Å². The quantitative estimate of drug-likeness (QED) is 0.806. The summed E-state index contributed by atoms with van der Waals surface area (Å²) in [5.41, 5.74) is 0. The Balaban J connectivity index is 1.63. The van der Waals surface area contributed by atoms with E-state index in [1.54, 1.807) is 0 Å². The third kappa shape index (κ3) is 4.89. The lowest BCUT2D eigenvalue weighted by Crippen LogP contribution is -2.37. The maximum absolute atomic E-state index is 3.68. The summed E-state index contributed by atoms with van der Waals surface area (Å²) in [5.74, 6) is 1.02. The van der Waals surface area contributed by atoms with Crippen molar-refractivity contribution in [2.24, 2.45) is 5.92 Å². The maximum atomic E-state index is 3.68. The molecule has 2 heterocycles. The number of hydrogen-bond acceptors (Lipinski definition) is 2. The van der Waals surface area contributed by atoms with E-state index in [1.807, 2.05) is 0 Å². The van der Waals surface area contributed by atoms with Gasteiger partial charge in [0.15, 0.2) is 0 Å². The topological polar surface area (TPSA) is 15.3 Å². The van der Waals surface area contributed by atoms with E-state index in [9.17, 15) is 0 Å². The second-order valence-corrected chi connectivity index (χ2v) is 6.36. The summed E-state index contributed by atoms with van der Waals surface area (Å²) in [6, 6.07) is 0.813. The Morgan fingerprint density at radius 3 is 2.72 bits per heavy atom. The van der Waals surface area contributed by atoms with Crippen LogP contribution in [0.4, 0.5) is 0 Å². The molecule has 2 rings (SSSR count). The van der Waals surface area contributed by atoms with Crippen molar-refractivity contribution < 1.29 is 0 Å². The maximum Gasteiger partial charge on any atom is 0.00792 e. The lowest BCUT2D eigenvalue weighted by Gasteiger charge is -2.27. The van der Waals surface area contributed by atoms with Gasteiger partial charge in [0.25, 0.3) is 0 Å². The smallest absolute Gasteiger partial charge is 0.00792 e. The van der Waals surface area contributed by atoms with Crippen molar-refractivity contribution in [1.29, 1.82) is 0 Å². The van der Waals surface area contributed by atoms with Gasteiger partial charge in [-0.25, -0.2) is 0 Å². The van der Waals surface area contributed by atoms with Gasteiger partial charge in [-0.15, -0.1) is 0 Å². The van der Waals surface area contributed by atoms with Crippen LogP contribution >= 0.6 is 0 Å². The minimum absolute atomic E-state index is 0.813. The highest BCUT2D eigenvalue weighted by Gasteiger charge is 2.18. The van der Waals surface area contributed by atoms with Gasteiger partial charge in [-0.05, 0) is 70.6 Å². The van der Waals surface area contributed by atoms with Crippen molar-refractivity contribution in [2.45, 2.75) is 70.8 Å². The summed E-state index contributed by atoms with van der Waals surface area (Å²) < 4.78 is 0. The van der Waals surface area contributed by atoms with Crippen molar-refractivity contribution in [2.75, 3.05) is 26.2 Å². The van der Waals surface area contributed by atoms with Crippen LogP contribution in [0.25, 0.3) is 0 Å².